The predicted octanol–water partition coefficient (Wildman–Crippen LogP) is 2.70. The van der Waals surface area contributed by atoms with Gasteiger partial charge in [-0.15, -0.1) is 11.6 Å². The zero-order valence-corrected chi connectivity index (χ0v) is 10.4. The molecule has 0 saturated carbocycles. The minimum absolute atomic E-state index is 0.0505. The molecule has 92 valence electrons. The number of nitro groups is 1. The van der Waals surface area contributed by atoms with Gasteiger partial charge in [-0.1, -0.05) is 11.6 Å². The third kappa shape index (κ3) is 3.31. The SMILES string of the molecule is COC(=O)Cc1cc(Cl)cc(CCl)c1[N+](=O)[O-]. The van der Waals surface area contributed by atoms with Crippen LogP contribution in [0.1, 0.15) is 11.1 Å². The van der Waals surface area contributed by atoms with Crippen LogP contribution in [0.3, 0.4) is 0 Å². The van der Waals surface area contributed by atoms with Gasteiger partial charge in [0.2, 0.25) is 0 Å². The van der Waals surface area contributed by atoms with E-state index in [1.54, 1.807) is 0 Å². The molecule has 0 aliphatic heterocycles. The number of hydrogen-bond acceptors (Lipinski definition) is 4. The van der Waals surface area contributed by atoms with Crippen molar-refractivity contribution in [2.45, 2.75) is 12.3 Å². The molecule has 0 bridgehead atoms. The molecule has 0 unspecified atom stereocenters. The Bertz CT molecular complexity index is 462. The van der Waals surface area contributed by atoms with Gasteiger partial charge in [0, 0.05) is 16.1 Å². The predicted molar refractivity (Wildman–Crippen MR) is 63.4 cm³/mol. The molecule has 17 heavy (non-hydrogen) atoms. The minimum Gasteiger partial charge on any atom is -0.469 e. The number of nitrogens with zero attached hydrogens (tertiary/aromatic N) is 1. The maximum atomic E-state index is 11.1. The van der Waals surface area contributed by atoms with Gasteiger partial charge in [0.15, 0.2) is 0 Å². The molecule has 1 aromatic rings. The monoisotopic (exact) mass is 277 g/mol. The Kier molecular flexibility index (Phi) is 4.72. The first-order valence-corrected chi connectivity index (χ1v) is 5.49. The highest BCUT2D eigenvalue weighted by atomic mass is 35.5. The van der Waals surface area contributed by atoms with E-state index in [1.165, 1.54) is 19.2 Å². The second-order valence-electron chi connectivity index (χ2n) is 3.22. The lowest BCUT2D eigenvalue weighted by Gasteiger charge is -2.06. The highest BCUT2D eigenvalue weighted by Crippen LogP contribution is 2.29. The summed E-state index contributed by atoms with van der Waals surface area (Å²) in [7, 11) is 1.21. The van der Waals surface area contributed by atoms with Crippen LogP contribution in [0.4, 0.5) is 5.69 Å². The summed E-state index contributed by atoms with van der Waals surface area (Å²) in [5, 5.41) is 11.2. The molecule has 0 fully saturated rings. The van der Waals surface area contributed by atoms with Crippen LogP contribution in [0, 0.1) is 10.1 Å². The van der Waals surface area contributed by atoms with Gasteiger partial charge in [-0.3, -0.25) is 14.9 Å². The molecule has 0 aliphatic carbocycles. The van der Waals surface area contributed by atoms with Crippen LogP contribution in [0.2, 0.25) is 5.02 Å². The number of esters is 1. The van der Waals surface area contributed by atoms with E-state index < -0.39 is 10.9 Å². The van der Waals surface area contributed by atoms with E-state index in [9.17, 15) is 14.9 Å². The number of methoxy groups -OCH3 is 1. The van der Waals surface area contributed by atoms with E-state index in [0.717, 1.165) is 0 Å². The molecule has 0 aliphatic rings. The van der Waals surface area contributed by atoms with Gasteiger partial charge in [-0.05, 0) is 12.1 Å². The van der Waals surface area contributed by atoms with Crippen molar-refractivity contribution in [1.82, 2.24) is 0 Å². The molecule has 1 aromatic carbocycles. The van der Waals surface area contributed by atoms with Gasteiger partial charge < -0.3 is 4.74 Å². The molecule has 5 nitrogen and oxygen atoms in total. The van der Waals surface area contributed by atoms with Gasteiger partial charge in [-0.2, -0.15) is 0 Å². The summed E-state index contributed by atoms with van der Waals surface area (Å²) in [6.07, 6.45) is -0.211. The number of nitro benzene ring substituents is 1. The number of carbonyl (C=O) groups excluding carboxylic acids is 1. The molecule has 7 heteroatoms. The lowest BCUT2D eigenvalue weighted by molar-refractivity contribution is -0.386. The Morgan fingerprint density at radius 2 is 2.06 bits per heavy atom. The smallest absolute Gasteiger partial charge is 0.310 e. The van der Waals surface area contributed by atoms with Crippen LogP contribution >= 0.6 is 23.2 Å². The number of alkyl halides is 1. The molecule has 0 saturated heterocycles. The van der Waals surface area contributed by atoms with Crippen LogP contribution in [0.25, 0.3) is 0 Å². The number of hydrogen-bond donors (Lipinski definition) is 0. The van der Waals surface area contributed by atoms with E-state index >= 15 is 0 Å². The Hall–Kier alpha value is -1.33. The third-order valence-electron chi connectivity index (χ3n) is 2.12. The Morgan fingerprint density at radius 3 is 2.53 bits per heavy atom. The summed E-state index contributed by atoms with van der Waals surface area (Å²) in [6.45, 7) is 0. The molecular weight excluding hydrogens is 269 g/mol. The van der Waals surface area contributed by atoms with E-state index in [4.69, 9.17) is 23.2 Å². The lowest BCUT2D eigenvalue weighted by atomic mass is 10.1. The van der Waals surface area contributed by atoms with Crippen LogP contribution < -0.4 is 0 Å². The quantitative estimate of drug-likeness (QED) is 0.367. The third-order valence-corrected chi connectivity index (χ3v) is 2.63. The fraction of sp³-hybridized carbons (Fsp3) is 0.300. The molecule has 0 N–H and O–H groups in total. The molecule has 1 rings (SSSR count). The van der Waals surface area contributed by atoms with Gasteiger partial charge in [0.1, 0.15) is 0 Å². The van der Waals surface area contributed by atoms with Crippen molar-refractivity contribution in [3.05, 3.63) is 38.4 Å². The minimum atomic E-state index is -0.577. The zero-order valence-electron chi connectivity index (χ0n) is 8.91. The lowest BCUT2D eigenvalue weighted by Crippen LogP contribution is -2.08. The summed E-state index contributed by atoms with van der Waals surface area (Å²) in [5.74, 6) is -0.624. The van der Waals surface area contributed by atoms with Crippen LogP contribution in [0.15, 0.2) is 12.1 Å². The number of benzene rings is 1. The molecule has 0 radical (unpaired) electrons. The van der Waals surface area contributed by atoms with E-state index in [1.807, 2.05) is 0 Å². The van der Waals surface area contributed by atoms with Crippen molar-refractivity contribution in [3.63, 3.8) is 0 Å². The molecule has 0 spiro atoms. The van der Waals surface area contributed by atoms with Crippen molar-refractivity contribution in [3.8, 4) is 0 Å². The Morgan fingerprint density at radius 1 is 1.47 bits per heavy atom. The molecule has 0 amide bonds. The van der Waals surface area contributed by atoms with E-state index in [2.05, 4.69) is 4.74 Å². The van der Waals surface area contributed by atoms with Crippen molar-refractivity contribution < 1.29 is 14.5 Å². The summed E-state index contributed by atoms with van der Waals surface area (Å²) in [5.41, 5.74) is 0.294. The normalized spacial score (nSPS) is 10.1. The van der Waals surface area contributed by atoms with Crippen molar-refractivity contribution >= 4 is 34.9 Å². The maximum absolute atomic E-state index is 11.1. The van der Waals surface area contributed by atoms with Gasteiger partial charge in [0.05, 0.1) is 24.3 Å². The van der Waals surface area contributed by atoms with E-state index in [-0.39, 0.29) is 29.1 Å². The fourth-order valence-electron chi connectivity index (χ4n) is 1.42. The molecule has 0 aromatic heterocycles. The molecule has 0 atom stereocenters. The first-order chi connectivity index (χ1) is 7.99. The van der Waals surface area contributed by atoms with Crippen LogP contribution in [0.5, 0.6) is 0 Å². The van der Waals surface area contributed by atoms with Crippen molar-refractivity contribution in [2.75, 3.05) is 7.11 Å². The highest BCUT2D eigenvalue weighted by Gasteiger charge is 2.22. The Labute approximate surface area is 107 Å². The van der Waals surface area contributed by atoms with Crippen LogP contribution in [-0.2, 0) is 21.8 Å². The first-order valence-electron chi connectivity index (χ1n) is 4.58. The topological polar surface area (TPSA) is 69.4 Å². The standard InChI is InChI=1S/C10H9Cl2NO4/c1-17-9(14)4-6-2-8(12)3-7(5-11)10(6)13(15)16/h2-3H,4-5H2,1H3. The second-order valence-corrected chi connectivity index (χ2v) is 3.92. The summed E-state index contributed by atoms with van der Waals surface area (Å²) in [4.78, 5) is 21.5. The largest absolute Gasteiger partial charge is 0.469 e. The summed E-state index contributed by atoms with van der Waals surface area (Å²) < 4.78 is 4.46. The highest BCUT2D eigenvalue weighted by molar-refractivity contribution is 6.31. The van der Waals surface area contributed by atoms with Crippen molar-refractivity contribution in [1.29, 1.82) is 0 Å². The van der Waals surface area contributed by atoms with E-state index in [0.29, 0.717) is 5.02 Å². The zero-order chi connectivity index (χ0) is 13.0. The number of ether oxygens (including phenoxy) is 1. The fourth-order valence-corrected chi connectivity index (χ4v) is 1.88. The number of rotatable bonds is 4. The maximum Gasteiger partial charge on any atom is 0.310 e. The second kappa shape index (κ2) is 5.84. The van der Waals surface area contributed by atoms with Gasteiger partial charge >= 0.3 is 5.97 Å². The molecule has 0 heterocycles. The number of halogens is 2. The van der Waals surface area contributed by atoms with Crippen LogP contribution in [-0.4, -0.2) is 18.0 Å². The van der Waals surface area contributed by atoms with Gasteiger partial charge in [-0.25, -0.2) is 0 Å². The summed E-state index contributed by atoms with van der Waals surface area (Å²) >= 11 is 11.4. The average molecular weight is 278 g/mol. The molecular formula is C10H9Cl2NO4. The van der Waals surface area contributed by atoms with Crippen molar-refractivity contribution in [2.24, 2.45) is 0 Å². The Balaban J connectivity index is 3.30. The average Bonchev–Trinajstić information content (AvgIpc) is 2.27. The van der Waals surface area contributed by atoms with Gasteiger partial charge in [0.25, 0.3) is 5.69 Å². The summed E-state index contributed by atoms with van der Waals surface area (Å²) in [6, 6.07) is 2.78. The first kappa shape index (κ1) is 13.7. The number of carbonyl (C=O) groups is 1.